The Labute approximate surface area is 97.0 Å². The van der Waals surface area contributed by atoms with Gasteiger partial charge < -0.3 is 4.74 Å². The number of methoxy groups -OCH3 is 1. The monoisotopic (exact) mass is 236 g/mol. The average molecular weight is 236 g/mol. The third kappa shape index (κ3) is 1.63. The van der Waals surface area contributed by atoms with Gasteiger partial charge in [-0.3, -0.25) is 14.9 Å². The van der Waals surface area contributed by atoms with Crippen LogP contribution in [0.15, 0.2) is 24.3 Å². The molecule has 1 saturated heterocycles. The molecule has 0 radical (unpaired) electrons. The molecular formula is C10H8N2O3S. The maximum absolute atomic E-state index is 11.5. The molecule has 0 aromatic heterocycles. The SMILES string of the molecule is COc1ccc(N2C(=O)C(=O)NC2=S)cc1. The lowest BCUT2D eigenvalue weighted by atomic mass is 10.3. The van der Waals surface area contributed by atoms with Crippen molar-refractivity contribution in [1.29, 1.82) is 0 Å². The van der Waals surface area contributed by atoms with Crippen molar-refractivity contribution < 1.29 is 14.3 Å². The summed E-state index contributed by atoms with van der Waals surface area (Å²) in [5, 5.41) is 2.38. The molecule has 2 amide bonds. The first-order valence-corrected chi connectivity index (χ1v) is 4.88. The second-order valence-corrected chi connectivity index (χ2v) is 3.48. The molecule has 1 fully saturated rings. The van der Waals surface area contributed by atoms with Crippen LogP contribution in [0.1, 0.15) is 0 Å². The molecule has 0 atom stereocenters. The number of hydrogen-bond donors (Lipinski definition) is 1. The lowest BCUT2D eigenvalue weighted by Crippen LogP contribution is -2.30. The van der Waals surface area contributed by atoms with Crippen LogP contribution in [0.2, 0.25) is 0 Å². The third-order valence-electron chi connectivity index (χ3n) is 2.15. The van der Waals surface area contributed by atoms with E-state index in [1.54, 1.807) is 31.4 Å². The van der Waals surface area contributed by atoms with Gasteiger partial charge in [0.2, 0.25) is 0 Å². The average Bonchev–Trinajstić information content (AvgIpc) is 2.54. The summed E-state index contributed by atoms with van der Waals surface area (Å²) in [6, 6.07) is 6.69. The van der Waals surface area contributed by atoms with Crippen molar-refractivity contribution in [3.05, 3.63) is 24.3 Å². The van der Waals surface area contributed by atoms with Gasteiger partial charge in [-0.2, -0.15) is 0 Å². The van der Waals surface area contributed by atoms with Crippen LogP contribution in [0.3, 0.4) is 0 Å². The van der Waals surface area contributed by atoms with Gasteiger partial charge in [0.25, 0.3) is 0 Å². The zero-order valence-corrected chi connectivity index (χ0v) is 9.21. The molecule has 1 aliphatic heterocycles. The van der Waals surface area contributed by atoms with Crippen LogP contribution in [0, 0.1) is 0 Å². The fourth-order valence-corrected chi connectivity index (χ4v) is 1.65. The number of hydrogen-bond acceptors (Lipinski definition) is 4. The number of thiocarbonyl (C=S) groups is 1. The van der Waals surface area contributed by atoms with Crippen molar-refractivity contribution in [1.82, 2.24) is 5.32 Å². The fourth-order valence-electron chi connectivity index (χ4n) is 1.37. The Morgan fingerprint density at radius 2 is 1.88 bits per heavy atom. The van der Waals surface area contributed by atoms with E-state index in [2.05, 4.69) is 5.32 Å². The Kier molecular flexibility index (Phi) is 2.57. The first kappa shape index (κ1) is 10.6. The predicted molar refractivity (Wildman–Crippen MR) is 61.2 cm³/mol. The predicted octanol–water partition coefficient (Wildman–Crippen LogP) is 0.443. The molecule has 5 nitrogen and oxygen atoms in total. The minimum Gasteiger partial charge on any atom is -0.497 e. The van der Waals surface area contributed by atoms with Crippen LogP contribution in [0.4, 0.5) is 5.69 Å². The lowest BCUT2D eigenvalue weighted by molar-refractivity contribution is -0.134. The van der Waals surface area contributed by atoms with Gasteiger partial charge in [-0.05, 0) is 36.5 Å². The number of rotatable bonds is 2. The van der Waals surface area contributed by atoms with Crippen LogP contribution in [0.5, 0.6) is 5.75 Å². The van der Waals surface area contributed by atoms with Gasteiger partial charge in [0.1, 0.15) is 5.75 Å². The highest BCUT2D eigenvalue weighted by Crippen LogP contribution is 2.21. The molecule has 1 N–H and O–H groups in total. The minimum atomic E-state index is -0.708. The number of nitrogens with one attached hydrogen (secondary N) is 1. The first-order chi connectivity index (χ1) is 7.63. The second kappa shape index (κ2) is 3.90. The highest BCUT2D eigenvalue weighted by atomic mass is 32.1. The Morgan fingerprint density at radius 1 is 1.25 bits per heavy atom. The highest BCUT2D eigenvalue weighted by molar-refractivity contribution is 7.80. The fraction of sp³-hybridized carbons (Fsp3) is 0.100. The topological polar surface area (TPSA) is 58.6 Å². The summed E-state index contributed by atoms with van der Waals surface area (Å²) in [5.41, 5.74) is 0.536. The van der Waals surface area contributed by atoms with Crippen molar-refractivity contribution in [2.24, 2.45) is 0 Å². The van der Waals surface area contributed by atoms with Crippen molar-refractivity contribution >= 4 is 34.8 Å². The molecular weight excluding hydrogens is 228 g/mol. The van der Waals surface area contributed by atoms with Crippen molar-refractivity contribution in [3.8, 4) is 5.75 Å². The summed E-state index contributed by atoms with van der Waals surface area (Å²) in [6.07, 6.45) is 0. The minimum absolute atomic E-state index is 0.0974. The van der Waals surface area contributed by atoms with Crippen molar-refractivity contribution in [2.75, 3.05) is 12.0 Å². The van der Waals surface area contributed by atoms with Crippen LogP contribution >= 0.6 is 12.2 Å². The summed E-state index contributed by atoms with van der Waals surface area (Å²) in [5.74, 6) is -0.711. The summed E-state index contributed by atoms with van der Waals surface area (Å²) >= 11 is 4.88. The quantitative estimate of drug-likeness (QED) is 0.598. The molecule has 16 heavy (non-hydrogen) atoms. The molecule has 0 bridgehead atoms. The Morgan fingerprint density at radius 3 is 2.31 bits per heavy atom. The molecule has 2 rings (SSSR count). The maximum atomic E-state index is 11.5. The van der Waals surface area contributed by atoms with Crippen LogP contribution in [0.25, 0.3) is 0 Å². The molecule has 1 aliphatic rings. The lowest BCUT2D eigenvalue weighted by Gasteiger charge is -2.13. The Bertz CT molecular complexity index is 469. The summed E-state index contributed by atoms with van der Waals surface area (Å²) in [7, 11) is 1.55. The van der Waals surface area contributed by atoms with E-state index >= 15 is 0 Å². The van der Waals surface area contributed by atoms with E-state index in [-0.39, 0.29) is 5.11 Å². The van der Waals surface area contributed by atoms with Gasteiger partial charge in [-0.25, -0.2) is 4.90 Å². The molecule has 82 valence electrons. The Hall–Kier alpha value is -1.95. The standard InChI is InChI=1S/C10H8N2O3S/c1-15-7-4-2-6(3-5-7)12-9(14)8(13)11-10(12)16/h2-5H,1H3,(H,11,13,16). The van der Waals surface area contributed by atoms with E-state index in [1.165, 1.54) is 0 Å². The van der Waals surface area contributed by atoms with Crippen LogP contribution in [-0.2, 0) is 9.59 Å². The normalized spacial score (nSPS) is 15.3. The van der Waals surface area contributed by atoms with E-state index in [0.29, 0.717) is 11.4 Å². The zero-order chi connectivity index (χ0) is 11.7. The van der Waals surface area contributed by atoms with Gasteiger partial charge in [0.15, 0.2) is 5.11 Å². The van der Waals surface area contributed by atoms with Crippen LogP contribution < -0.4 is 15.0 Å². The summed E-state index contributed by atoms with van der Waals surface area (Å²) in [6.45, 7) is 0. The smallest absolute Gasteiger partial charge is 0.323 e. The van der Waals surface area contributed by atoms with E-state index in [4.69, 9.17) is 17.0 Å². The molecule has 6 heteroatoms. The number of nitrogens with zero attached hydrogens (tertiary/aromatic N) is 1. The number of carbonyl (C=O) groups excluding carboxylic acids is 2. The van der Waals surface area contributed by atoms with Gasteiger partial charge >= 0.3 is 11.8 Å². The molecule has 1 aromatic rings. The number of carbonyl (C=O) groups is 2. The summed E-state index contributed by atoms with van der Waals surface area (Å²) in [4.78, 5) is 23.7. The number of amides is 2. The van der Waals surface area contributed by atoms with Crippen LogP contribution in [-0.4, -0.2) is 24.0 Å². The number of benzene rings is 1. The molecule has 1 heterocycles. The van der Waals surface area contributed by atoms with Gasteiger partial charge in [-0.1, -0.05) is 0 Å². The van der Waals surface area contributed by atoms with Crippen molar-refractivity contribution in [3.63, 3.8) is 0 Å². The summed E-state index contributed by atoms with van der Waals surface area (Å²) < 4.78 is 4.99. The molecule has 1 aromatic carbocycles. The third-order valence-corrected chi connectivity index (χ3v) is 2.44. The highest BCUT2D eigenvalue weighted by Gasteiger charge is 2.34. The largest absolute Gasteiger partial charge is 0.497 e. The van der Waals surface area contributed by atoms with E-state index in [0.717, 1.165) is 4.90 Å². The van der Waals surface area contributed by atoms with Gasteiger partial charge in [0, 0.05) is 0 Å². The molecule has 0 saturated carbocycles. The van der Waals surface area contributed by atoms with E-state index < -0.39 is 11.8 Å². The van der Waals surface area contributed by atoms with Crippen molar-refractivity contribution in [2.45, 2.75) is 0 Å². The number of ether oxygens (including phenoxy) is 1. The van der Waals surface area contributed by atoms with Gasteiger partial charge in [-0.15, -0.1) is 0 Å². The second-order valence-electron chi connectivity index (χ2n) is 3.10. The number of anilines is 1. The molecule has 0 aliphatic carbocycles. The van der Waals surface area contributed by atoms with E-state index in [1.807, 2.05) is 0 Å². The molecule has 0 spiro atoms. The zero-order valence-electron chi connectivity index (χ0n) is 8.39. The van der Waals surface area contributed by atoms with E-state index in [9.17, 15) is 9.59 Å². The maximum Gasteiger partial charge on any atom is 0.323 e. The molecule has 0 unspecified atom stereocenters. The Balaban J connectivity index is 2.33. The first-order valence-electron chi connectivity index (χ1n) is 4.47. The van der Waals surface area contributed by atoms with Gasteiger partial charge in [0.05, 0.1) is 12.8 Å².